The topological polar surface area (TPSA) is 60.2 Å². The van der Waals surface area contributed by atoms with Crippen molar-refractivity contribution in [2.45, 2.75) is 13.5 Å². The lowest BCUT2D eigenvalue weighted by Gasteiger charge is -2.18. The van der Waals surface area contributed by atoms with E-state index in [0.717, 1.165) is 0 Å². The first-order valence-electron chi connectivity index (χ1n) is 6.07. The monoisotopic (exact) mass is 338 g/mol. The van der Waals surface area contributed by atoms with Gasteiger partial charge in [0.2, 0.25) is 5.88 Å². The predicted octanol–water partition coefficient (Wildman–Crippen LogP) is 2.35. The number of amides is 1. The third kappa shape index (κ3) is 2.67. The van der Waals surface area contributed by atoms with E-state index in [0.29, 0.717) is 28.3 Å². The van der Waals surface area contributed by atoms with Crippen LogP contribution >= 0.6 is 15.9 Å². The van der Waals surface area contributed by atoms with Gasteiger partial charge >= 0.3 is 0 Å². The molecule has 106 valence electrons. The molecule has 0 aliphatic rings. The van der Waals surface area contributed by atoms with Crippen LogP contribution in [0, 0.1) is 0 Å². The number of carbonyl (C=O) groups is 1. The second kappa shape index (κ2) is 6.04. The number of hydrogen-bond acceptors (Lipinski definition) is 4. The molecule has 0 radical (unpaired) electrons. The summed E-state index contributed by atoms with van der Waals surface area (Å²) in [7, 11) is 3.25. The van der Waals surface area contributed by atoms with E-state index < -0.39 is 0 Å². The molecule has 0 atom stereocenters. The molecule has 0 saturated heterocycles. The lowest BCUT2D eigenvalue weighted by Crippen LogP contribution is -2.29. The molecular weight excluding hydrogens is 324 g/mol. The minimum absolute atomic E-state index is 0.150. The zero-order valence-corrected chi connectivity index (χ0v) is 13.1. The van der Waals surface area contributed by atoms with Crippen molar-refractivity contribution in [3.8, 4) is 5.88 Å². The summed E-state index contributed by atoms with van der Waals surface area (Å²) >= 11 is 3.36. The zero-order valence-electron chi connectivity index (χ0n) is 11.5. The van der Waals surface area contributed by atoms with Crippen molar-refractivity contribution < 1.29 is 9.53 Å². The first-order valence-corrected chi connectivity index (χ1v) is 6.87. The van der Waals surface area contributed by atoms with Crippen LogP contribution in [-0.2, 0) is 6.54 Å². The Labute approximate surface area is 125 Å². The van der Waals surface area contributed by atoms with Gasteiger partial charge in [0.15, 0.2) is 0 Å². The van der Waals surface area contributed by atoms with Gasteiger partial charge in [0.05, 0.1) is 29.7 Å². The molecule has 0 spiro atoms. The van der Waals surface area contributed by atoms with E-state index in [1.165, 1.54) is 4.90 Å². The van der Waals surface area contributed by atoms with E-state index in [-0.39, 0.29) is 5.91 Å². The van der Waals surface area contributed by atoms with E-state index in [9.17, 15) is 4.79 Å². The van der Waals surface area contributed by atoms with E-state index in [2.05, 4.69) is 26.0 Å². The summed E-state index contributed by atoms with van der Waals surface area (Å²) in [5, 5.41) is 4.15. The van der Waals surface area contributed by atoms with Gasteiger partial charge in [0, 0.05) is 19.7 Å². The normalized spacial score (nSPS) is 10.4. The predicted molar refractivity (Wildman–Crippen MR) is 79.1 cm³/mol. The third-order valence-electron chi connectivity index (χ3n) is 2.92. The lowest BCUT2D eigenvalue weighted by molar-refractivity contribution is 0.0982. The second-order valence-corrected chi connectivity index (χ2v) is 4.93. The van der Waals surface area contributed by atoms with Crippen molar-refractivity contribution in [3.05, 3.63) is 34.7 Å². The summed E-state index contributed by atoms with van der Waals surface area (Å²) in [6.45, 7) is 2.56. The Kier molecular flexibility index (Phi) is 4.39. The molecule has 0 unspecified atom stereocenters. The smallest absolute Gasteiger partial charge is 0.277 e. The summed E-state index contributed by atoms with van der Waals surface area (Å²) in [6, 6.07) is 3.50. The highest BCUT2D eigenvalue weighted by molar-refractivity contribution is 9.10. The van der Waals surface area contributed by atoms with Gasteiger partial charge in [-0.1, -0.05) is 0 Å². The van der Waals surface area contributed by atoms with Crippen LogP contribution in [0.2, 0.25) is 0 Å². The first-order chi connectivity index (χ1) is 9.58. The number of halogens is 1. The highest BCUT2D eigenvalue weighted by atomic mass is 79.9. The molecule has 0 fully saturated rings. The van der Waals surface area contributed by atoms with Crippen LogP contribution in [0.4, 0.5) is 5.69 Å². The maximum atomic E-state index is 12.5. The number of methoxy groups -OCH3 is 1. The molecule has 0 bridgehead atoms. The van der Waals surface area contributed by atoms with Crippen molar-refractivity contribution in [1.29, 1.82) is 0 Å². The Morgan fingerprint density at radius 2 is 2.20 bits per heavy atom. The van der Waals surface area contributed by atoms with Gasteiger partial charge in [-0.05, 0) is 28.9 Å². The summed E-state index contributed by atoms with van der Waals surface area (Å²) in [4.78, 5) is 18.2. The van der Waals surface area contributed by atoms with Crippen molar-refractivity contribution >= 4 is 27.5 Å². The Bertz CT molecular complexity index is 609. The number of anilines is 1. The average Bonchev–Trinajstić information content (AvgIpc) is 2.86. The van der Waals surface area contributed by atoms with Crippen molar-refractivity contribution in [1.82, 2.24) is 14.8 Å². The van der Waals surface area contributed by atoms with Gasteiger partial charge in [-0.2, -0.15) is 5.10 Å². The average molecular weight is 339 g/mol. The van der Waals surface area contributed by atoms with Gasteiger partial charge in [-0.3, -0.25) is 9.48 Å². The quantitative estimate of drug-likeness (QED) is 0.858. The molecule has 1 amide bonds. The fourth-order valence-electron chi connectivity index (χ4n) is 1.78. The number of pyridine rings is 1. The minimum atomic E-state index is -0.150. The number of rotatable bonds is 4. The van der Waals surface area contributed by atoms with Crippen LogP contribution in [0.1, 0.15) is 17.4 Å². The van der Waals surface area contributed by atoms with Crippen LogP contribution in [0.5, 0.6) is 5.88 Å². The van der Waals surface area contributed by atoms with Crippen molar-refractivity contribution in [2.24, 2.45) is 0 Å². The molecule has 0 aromatic carbocycles. The molecule has 6 nitrogen and oxygen atoms in total. The Hall–Kier alpha value is -1.89. The zero-order chi connectivity index (χ0) is 14.7. The molecule has 2 aromatic rings. The number of aromatic nitrogens is 3. The van der Waals surface area contributed by atoms with Crippen molar-refractivity contribution in [3.63, 3.8) is 0 Å². The van der Waals surface area contributed by atoms with Crippen LogP contribution in [0.3, 0.4) is 0 Å². The Balaban J connectivity index is 2.29. The lowest BCUT2D eigenvalue weighted by atomic mass is 10.3. The standard InChI is InChI=1S/C13H15BrN4O2/c1-4-18-12(10(14)8-16-18)13(19)17(2)9-5-6-11(20-3)15-7-9/h5-8H,4H2,1-3H3. The number of aryl methyl sites for hydroxylation is 1. The summed E-state index contributed by atoms with van der Waals surface area (Å²) in [5.74, 6) is 0.359. The maximum absolute atomic E-state index is 12.5. The number of carbonyl (C=O) groups excluding carboxylic acids is 1. The fraction of sp³-hybridized carbons (Fsp3) is 0.308. The number of ether oxygens (including phenoxy) is 1. The SMILES string of the molecule is CCn1ncc(Br)c1C(=O)N(C)c1ccc(OC)nc1. The maximum Gasteiger partial charge on any atom is 0.277 e. The van der Waals surface area contributed by atoms with Crippen LogP contribution in [-0.4, -0.2) is 34.8 Å². The number of nitrogens with zero attached hydrogens (tertiary/aromatic N) is 4. The first kappa shape index (κ1) is 14.5. The molecule has 2 heterocycles. The highest BCUT2D eigenvalue weighted by Crippen LogP contribution is 2.21. The summed E-state index contributed by atoms with van der Waals surface area (Å²) < 4.78 is 7.33. The molecule has 0 aliphatic carbocycles. The summed E-state index contributed by atoms with van der Waals surface area (Å²) in [5.41, 5.74) is 1.21. The Morgan fingerprint density at radius 3 is 2.75 bits per heavy atom. The van der Waals surface area contributed by atoms with E-state index in [4.69, 9.17) is 4.74 Å². The molecule has 0 saturated carbocycles. The van der Waals surface area contributed by atoms with Crippen LogP contribution in [0.25, 0.3) is 0 Å². The summed E-state index contributed by atoms with van der Waals surface area (Å²) in [6.07, 6.45) is 3.22. The fourth-order valence-corrected chi connectivity index (χ4v) is 2.25. The second-order valence-electron chi connectivity index (χ2n) is 4.08. The molecule has 0 N–H and O–H groups in total. The minimum Gasteiger partial charge on any atom is -0.481 e. The van der Waals surface area contributed by atoms with E-state index >= 15 is 0 Å². The molecule has 7 heteroatoms. The van der Waals surface area contributed by atoms with Gasteiger partial charge in [-0.25, -0.2) is 4.98 Å². The molecule has 20 heavy (non-hydrogen) atoms. The van der Waals surface area contributed by atoms with Gasteiger partial charge in [0.25, 0.3) is 5.91 Å². The highest BCUT2D eigenvalue weighted by Gasteiger charge is 2.21. The van der Waals surface area contributed by atoms with Crippen LogP contribution < -0.4 is 9.64 Å². The van der Waals surface area contributed by atoms with Gasteiger partial charge < -0.3 is 9.64 Å². The molecule has 0 aliphatic heterocycles. The van der Waals surface area contributed by atoms with E-state index in [1.54, 1.807) is 43.4 Å². The van der Waals surface area contributed by atoms with E-state index in [1.807, 2.05) is 6.92 Å². The number of hydrogen-bond donors (Lipinski definition) is 0. The van der Waals surface area contributed by atoms with Crippen LogP contribution in [0.15, 0.2) is 29.0 Å². The third-order valence-corrected chi connectivity index (χ3v) is 3.50. The van der Waals surface area contributed by atoms with Gasteiger partial charge in [0.1, 0.15) is 5.69 Å². The Morgan fingerprint density at radius 1 is 1.45 bits per heavy atom. The molecule has 2 rings (SSSR count). The molecular formula is C13H15BrN4O2. The van der Waals surface area contributed by atoms with Crippen molar-refractivity contribution in [2.75, 3.05) is 19.1 Å². The largest absolute Gasteiger partial charge is 0.481 e. The van der Waals surface area contributed by atoms with Gasteiger partial charge in [-0.15, -0.1) is 0 Å². The molecule has 2 aromatic heterocycles.